The zero-order chi connectivity index (χ0) is 11.9. The second-order valence-electron chi connectivity index (χ2n) is 3.27. The van der Waals surface area contributed by atoms with Gasteiger partial charge in [0.2, 0.25) is 0 Å². The molecule has 0 aliphatic carbocycles. The number of rotatable bonds is 1. The second-order valence-corrected chi connectivity index (χ2v) is 3.27. The molecule has 0 bridgehead atoms. The van der Waals surface area contributed by atoms with Gasteiger partial charge in [-0.3, -0.25) is 0 Å². The lowest BCUT2D eigenvalue weighted by atomic mass is 10.2. The summed E-state index contributed by atoms with van der Waals surface area (Å²) in [6, 6.07) is 1.40. The van der Waals surface area contributed by atoms with Crippen LogP contribution >= 0.6 is 0 Å². The molecule has 2 rings (SSSR count). The lowest BCUT2D eigenvalue weighted by Gasteiger charge is -2.03. The summed E-state index contributed by atoms with van der Waals surface area (Å²) in [5.41, 5.74) is 4.77. The molecule has 0 atom stereocenters. The Balaban J connectivity index is 2.74. The van der Waals surface area contributed by atoms with E-state index in [1.165, 1.54) is 6.07 Å². The third-order valence-electron chi connectivity index (χ3n) is 2.16. The zero-order valence-electron chi connectivity index (χ0n) is 8.30. The summed E-state index contributed by atoms with van der Waals surface area (Å²) in [7, 11) is 0. The summed E-state index contributed by atoms with van der Waals surface area (Å²) in [5.74, 6) is 0. The first-order valence-electron chi connectivity index (χ1n) is 4.55. The summed E-state index contributed by atoms with van der Waals surface area (Å²) in [6.07, 6.45) is -4.03. The molecule has 0 aliphatic heterocycles. The number of nitrogen functional groups attached to an aromatic ring is 1. The summed E-state index contributed by atoms with van der Waals surface area (Å²) in [4.78, 5) is 3.88. The van der Waals surface area contributed by atoms with E-state index >= 15 is 0 Å². The van der Waals surface area contributed by atoms with E-state index in [9.17, 15) is 13.2 Å². The monoisotopic (exact) mass is 231 g/mol. The molecule has 0 unspecified atom stereocenters. The lowest BCUT2D eigenvalue weighted by Crippen LogP contribution is -2.07. The molecule has 4 nitrogen and oxygen atoms in total. The third-order valence-corrected chi connectivity index (χ3v) is 2.16. The van der Waals surface area contributed by atoms with Gasteiger partial charge < -0.3 is 10.3 Å². The minimum Gasteiger partial charge on any atom is -0.398 e. The van der Waals surface area contributed by atoms with E-state index in [1.807, 2.05) is 6.92 Å². The molecule has 0 aromatic carbocycles. The Morgan fingerprint density at radius 1 is 1.44 bits per heavy atom. The molecule has 0 spiro atoms. The zero-order valence-corrected chi connectivity index (χ0v) is 8.30. The van der Waals surface area contributed by atoms with Crippen molar-refractivity contribution in [1.82, 2.24) is 10.1 Å². The number of nitrogens with zero attached hydrogens (tertiary/aromatic N) is 2. The molecule has 0 aliphatic rings. The number of aryl methyl sites for hydroxylation is 1. The maximum absolute atomic E-state index is 12.5. The molecule has 0 fully saturated rings. The predicted octanol–water partition coefficient (Wildman–Crippen LogP) is 2.39. The largest absolute Gasteiger partial charge is 0.437 e. The van der Waals surface area contributed by atoms with Crippen LogP contribution < -0.4 is 5.73 Å². The number of alkyl halides is 3. The van der Waals surface area contributed by atoms with Crippen LogP contribution in [0.4, 0.5) is 18.9 Å². The van der Waals surface area contributed by atoms with E-state index in [2.05, 4.69) is 14.7 Å². The Kier molecular flexibility index (Phi) is 2.25. The average Bonchev–Trinajstić information content (AvgIpc) is 2.60. The van der Waals surface area contributed by atoms with E-state index in [0.717, 1.165) is 0 Å². The predicted molar refractivity (Wildman–Crippen MR) is 50.6 cm³/mol. The highest BCUT2D eigenvalue weighted by Gasteiger charge is 2.38. The standard InChI is InChI=1S/C9H8F3N3O/c1-2-4-3-5(13)6-7(9(10,11)12)15-16-8(6)14-4/h3H,2H2,1H3,(H2,13,14). The maximum atomic E-state index is 12.5. The highest BCUT2D eigenvalue weighted by atomic mass is 19.4. The molecule has 2 heterocycles. The Morgan fingerprint density at radius 2 is 2.12 bits per heavy atom. The molecule has 16 heavy (non-hydrogen) atoms. The molecule has 86 valence electrons. The molecular formula is C9H8F3N3O. The van der Waals surface area contributed by atoms with Gasteiger partial charge in [0.25, 0.3) is 5.71 Å². The summed E-state index contributed by atoms with van der Waals surface area (Å²) >= 11 is 0. The van der Waals surface area contributed by atoms with Gasteiger partial charge in [0.15, 0.2) is 5.69 Å². The van der Waals surface area contributed by atoms with Crippen molar-refractivity contribution in [2.24, 2.45) is 0 Å². The average molecular weight is 231 g/mol. The summed E-state index contributed by atoms with van der Waals surface area (Å²) < 4.78 is 42.1. The fraction of sp³-hybridized carbons (Fsp3) is 0.333. The quantitative estimate of drug-likeness (QED) is 0.818. The molecule has 0 saturated carbocycles. The van der Waals surface area contributed by atoms with Gasteiger partial charge in [0.05, 0.1) is 5.39 Å². The van der Waals surface area contributed by atoms with Crippen molar-refractivity contribution >= 4 is 16.8 Å². The fourth-order valence-electron chi connectivity index (χ4n) is 1.41. The van der Waals surface area contributed by atoms with Gasteiger partial charge in [-0.25, -0.2) is 4.98 Å². The number of aromatic nitrogens is 2. The Hall–Kier alpha value is -1.79. The van der Waals surface area contributed by atoms with Gasteiger partial charge in [0, 0.05) is 11.4 Å². The molecule has 2 aromatic rings. The van der Waals surface area contributed by atoms with Crippen molar-refractivity contribution in [3.05, 3.63) is 17.5 Å². The number of halogens is 3. The number of hydrogen-bond acceptors (Lipinski definition) is 4. The fourth-order valence-corrected chi connectivity index (χ4v) is 1.41. The van der Waals surface area contributed by atoms with E-state index in [4.69, 9.17) is 5.73 Å². The van der Waals surface area contributed by atoms with Gasteiger partial charge in [-0.2, -0.15) is 13.2 Å². The van der Waals surface area contributed by atoms with Gasteiger partial charge in [-0.05, 0) is 12.5 Å². The number of hydrogen-bond donors (Lipinski definition) is 1. The second kappa shape index (κ2) is 3.36. The van der Waals surface area contributed by atoms with Crippen LogP contribution in [0.5, 0.6) is 0 Å². The molecule has 0 radical (unpaired) electrons. The van der Waals surface area contributed by atoms with Gasteiger partial charge in [-0.1, -0.05) is 12.1 Å². The normalized spacial score (nSPS) is 12.2. The number of anilines is 1. The van der Waals surface area contributed by atoms with Crippen molar-refractivity contribution < 1.29 is 17.7 Å². The van der Waals surface area contributed by atoms with Crippen LogP contribution in [0.25, 0.3) is 11.1 Å². The molecule has 2 N–H and O–H groups in total. The van der Waals surface area contributed by atoms with E-state index < -0.39 is 11.9 Å². The van der Waals surface area contributed by atoms with Crippen LogP contribution in [-0.2, 0) is 12.6 Å². The minimum absolute atomic E-state index is 0.0181. The molecule has 7 heteroatoms. The van der Waals surface area contributed by atoms with Crippen molar-refractivity contribution in [1.29, 1.82) is 0 Å². The SMILES string of the molecule is CCc1cc(N)c2c(C(F)(F)F)noc2n1. The first kappa shape index (κ1) is 10.7. The van der Waals surface area contributed by atoms with Crippen LogP contribution in [0.1, 0.15) is 18.3 Å². The van der Waals surface area contributed by atoms with Crippen LogP contribution in [0.2, 0.25) is 0 Å². The highest BCUT2D eigenvalue weighted by molar-refractivity contribution is 5.89. The molecule has 0 amide bonds. The molecular weight excluding hydrogens is 223 g/mol. The molecule has 0 saturated heterocycles. The highest BCUT2D eigenvalue weighted by Crippen LogP contribution is 2.36. The van der Waals surface area contributed by atoms with Crippen molar-refractivity contribution in [2.45, 2.75) is 19.5 Å². The van der Waals surface area contributed by atoms with Crippen LogP contribution in [0, 0.1) is 0 Å². The van der Waals surface area contributed by atoms with Crippen LogP contribution in [0.3, 0.4) is 0 Å². The van der Waals surface area contributed by atoms with Crippen molar-refractivity contribution in [2.75, 3.05) is 5.73 Å². The molecule has 2 aromatic heterocycles. The number of pyridine rings is 1. The third kappa shape index (κ3) is 1.58. The Morgan fingerprint density at radius 3 is 2.69 bits per heavy atom. The van der Waals surface area contributed by atoms with Gasteiger partial charge in [-0.15, -0.1) is 0 Å². The topological polar surface area (TPSA) is 64.9 Å². The number of nitrogens with two attached hydrogens (primary N) is 1. The van der Waals surface area contributed by atoms with E-state index in [1.54, 1.807) is 0 Å². The first-order valence-corrected chi connectivity index (χ1v) is 4.55. The van der Waals surface area contributed by atoms with Gasteiger partial charge in [0.1, 0.15) is 0 Å². The van der Waals surface area contributed by atoms with E-state index in [-0.39, 0.29) is 16.8 Å². The van der Waals surface area contributed by atoms with Crippen LogP contribution in [0.15, 0.2) is 10.6 Å². The Labute approximate surface area is 88.2 Å². The van der Waals surface area contributed by atoms with Crippen molar-refractivity contribution in [3.63, 3.8) is 0 Å². The summed E-state index contributed by atoms with van der Waals surface area (Å²) in [6.45, 7) is 1.81. The van der Waals surface area contributed by atoms with Gasteiger partial charge >= 0.3 is 6.18 Å². The summed E-state index contributed by atoms with van der Waals surface area (Å²) in [5, 5.41) is 2.69. The van der Waals surface area contributed by atoms with Crippen LogP contribution in [-0.4, -0.2) is 10.1 Å². The van der Waals surface area contributed by atoms with E-state index in [0.29, 0.717) is 12.1 Å². The Bertz CT molecular complexity index is 533. The maximum Gasteiger partial charge on any atom is 0.437 e. The van der Waals surface area contributed by atoms with Crippen molar-refractivity contribution in [3.8, 4) is 0 Å². The first-order chi connectivity index (χ1) is 7.43. The lowest BCUT2D eigenvalue weighted by molar-refractivity contribution is -0.141. The number of fused-ring (bicyclic) bond motifs is 1. The smallest absolute Gasteiger partial charge is 0.398 e. The minimum atomic E-state index is -4.59.